The molecule has 0 fully saturated rings. The Hall–Kier alpha value is -3.65. The lowest BCUT2D eigenvalue weighted by Crippen LogP contribution is -2.40. The third-order valence-electron chi connectivity index (χ3n) is 5.43. The van der Waals surface area contributed by atoms with E-state index >= 15 is 0 Å². The molecule has 1 aromatic heterocycles. The molecule has 2 aromatic carbocycles. The normalized spacial score (nSPS) is 15.7. The monoisotopic (exact) mass is 478 g/mol. The van der Waals surface area contributed by atoms with Crippen molar-refractivity contribution in [2.75, 3.05) is 14.2 Å². The number of carbonyl (C=O) groups excluding carboxylic acids is 1. The topological polar surface area (TPSA) is 79.1 Å². The van der Waals surface area contributed by atoms with Crippen molar-refractivity contribution in [3.05, 3.63) is 90.6 Å². The zero-order valence-electron chi connectivity index (χ0n) is 19.7. The summed E-state index contributed by atoms with van der Waals surface area (Å²) in [5, 5.41) is 0. The van der Waals surface area contributed by atoms with Crippen LogP contribution in [0, 0.1) is 0 Å². The molecule has 8 heteroatoms. The van der Waals surface area contributed by atoms with Gasteiger partial charge in [-0.2, -0.15) is 0 Å². The largest absolute Gasteiger partial charge is 0.497 e. The van der Waals surface area contributed by atoms with E-state index in [2.05, 4.69) is 4.99 Å². The minimum atomic E-state index is -0.661. The van der Waals surface area contributed by atoms with Crippen LogP contribution in [0.1, 0.15) is 37.9 Å². The first kappa shape index (κ1) is 23.5. The van der Waals surface area contributed by atoms with Crippen LogP contribution in [0.15, 0.2) is 69.6 Å². The first-order chi connectivity index (χ1) is 16.3. The first-order valence-electron chi connectivity index (χ1n) is 10.8. The zero-order valence-corrected chi connectivity index (χ0v) is 20.5. The van der Waals surface area contributed by atoms with E-state index in [4.69, 9.17) is 14.2 Å². The summed E-state index contributed by atoms with van der Waals surface area (Å²) in [6.07, 6.45) is 1.52. The van der Waals surface area contributed by atoms with E-state index in [0.29, 0.717) is 26.4 Å². The Labute approximate surface area is 201 Å². The number of thiazole rings is 1. The van der Waals surface area contributed by atoms with E-state index in [9.17, 15) is 9.59 Å². The highest BCUT2D eigenvalue weighted by Gasteiger charge is 2.33. The maximum atomic E-state index is 13.6. The number of esters is 1. The van der Waals surface area contributed by atoms with Crippen LogP contribution in [-0.2, 0) is 9.53 Å². The van der Waals surface area contributed by atoms with Crippen molar-refractivity contribution in [2.24, 2.45) is 4.99 Å². The summed E-state index contributed by atoms with van der Waals surface area (Å²) in [4.78, 5) is 31.9. The van der Waals surface area contributed by atoms with E-state index in [1.807, 2.05) is 54.6 Å². The molecule has 0 unspecified atom stereocenters. The summed E-state index contributed by atoms with van der Waals surface area (Å²) in [6, 6.07) is 14.1. The number of hydrogen-bond donors (Lipinski definition) is 0. The standard InChI is InChI=1S/C26H26N2O5S/c1-15(2)33-25(30)22-16(3)27-26-28(23(22)18-8-12-20(32-5)13-9-18)24(29)21(34-26)14-17-6-10-19(31-4)11-7-17/h6-15,23H,1-5H3/b21-14+/t23-/m0/s1. The number of hydrogen-bond acceptors (Lipinski definition) is 7. The van der Waals surface area contributed by atoms with Gasteiger partial charge in [0.2, 0.25) is 0 Å². The van der Waals surface area contributed by atoms with Gasteiger partial charge >= 0.3 is 5.97 Å². The second-order valence-electron chi connectivity index (χ2n) is 8.08. The van der Waals surface area contributed by atoms with Gasteiger partial charge in [0.25, 0.3) is 5.56 Å². The third-order valence-corrected chi connectivity index (χ3v) is 6.41. The van der Waals surface area contributed by atoms with Crippen LogP contribution < -0.4 is 24.4 Å². The lowest BCUT2D eigenvalue weighted by Gasteiger charge is -2.25. The van der Waals surface area contributed by atoms with Crippen molar-refractivity contribution >= 4 is 23.4 Å². The molecule has 0 aliphatic carbocycles. The van der Waals surface area contributed by atoms with E-state index < -0.39 is 12.0 Å². The van der Waals surface area contributed by atoms with Gasteiger partial charge in [0.05, 0.1) is 42.2 Å². The molecule has 34 heavy (non-hydrogen) atoms. The van der Waals surface area contributed by atoms with E-state index in [1.165, 1.54) is 11.3 Å². The Kier molecular flexibility index (Phi) is 6.70. The maximum absolute atomic E-state index is 13.6. The summed E-state index contributed by atoms with van der Waals surface area (Å²) < 4.78 is 18.1. The Bertz CT molecular complexity index is 1410. The highest BCUT2D eigenvalue weighted by atomic mass is 32.1. The predicted molar refractivity (Wildman–Crippen MR) is 131 cm³/mol. The van der Waals surface area contributed by atoms with Gasteiger partial charge in [-0.3, -0.25) is 9.36 Å². The summed E-state index contributed by atoms with van der Waals surface area (Å²) in [5.74, 6) is 0.936. The molecule has 0 bridgehead atoms. The second-order valence-corrected chi connectivity index (χ2v) is 9.09. The highest BCUT2D eigenvalue weighted by Crippen LogP contribution is 2.31. The molecule has 176 valence electrons. The number of allylic oxidation sites excluding steroid dienone is 1. The van der Waals surface area contributed by atoms with Gasteiger partial charge in [-0.1, -0.05) is 35.6 Å². The lowest BCUT2D eigenvalue weighted by molar-refractivity contribution is -0.143. The van der Waals surface area contributed by atoms with Gasteiger partial charge in [-0.05, 0) is 62.2 Å². The average molecular weight is 479 g/mol. The number of ether oxygens (including phenoxy) is 3. The van der Waals surface area contributed by atoms with Crippen LogP contribution in [0.3, 0.4) is 0 Å². The molecule has 4 rings (SSSR count). The van der Waals surface area contributed by atoms with E-state index in [1.54, 1.807) is 39.6 Å². The SMILES string of the molecule is COc1ccc(/C=c2/sc3n(c2=O)[C@@H](c2ccc(OC)cc2)C(C(=O)OC(C)C)=C(C)N=3)cc1. The molecule has 0 N–H and O–H groups in total. The van der Waals surface area contributed by atoms with Crippen molar-refractivity contribution in [3.63, 3.8) is 0 Å². The summed E-state index contributed by atoms with van der Waals surface area (Å²) in [7, 11) is 3.20. The summed E-state index contributed by atoms with van der Waals surface area (Å²) in [5.41, 5.74) is 2.29. The fourth-order valence-electron chi connectivity index (χ4n) is 3.81. The van der Waals surface area contributed by atoms with Crippen LogP contribution in [0.25, 0.3) is 6.08 Å². The van der Waals surface area contributed by atoms with Crippen LogP contribution in [0.4, 0.5) is 0 Å². The maximum Gasteiger partial charge on any atom is 0.338 e. The number of benzene rings is 2. The molecule has 2 heterocycles. The van der Waals surface area contributed by atoms with E-state index in [-0.39, 0.29) is 11.7 Å². The molecule has 0 spiro atoms. The second kappa shape index (κ2) is 9.69. The molecule has 1 atom stereocenters. The molecule has 0 radical (unpaired) electrons. The fourth-order valence-corrected chi connectivity index (χ4v) is 4.86. The van der Waals surface area contributed by atoms with Crippen molar-refractivity contribution in [2.45, 2.75) is 32.9 Å². The molecule has 3 aromatic rings. The third kappa shape index (κ3) is 4.54. The van der Waals surface area contributed by atoms with Gasteiger partial charge in [0.15, 0.2) is 4.80 Å². The molecular formula is C26H26N2O5S. The fraction of sp³-hybridized carbons (Fsp3) is 0.269. The van der Waals surface area contributed by atoms with Crippen LogP contribution in [0.5, 0.6) is 11.5 Å². The molecule has 0 amide bonds. The Morgan fingerprint density at radius 2 is 1.62 bits per heavy atom. The average Bonchev–Trinajstić information content (AvgIpc) is 3.12. The Morgan fingerprint density at radius 1 is 1.03 bits per heavy atom. The van der Waals surface area contributed by atoms with Gasteiger partial charge in [-0.15, -0.1) is 0 Å². The van der Waals surface area contributed by atoms with Crippen molar-refractivity contribution in [3.8, 4) is 11.5 Å². The van der Waals surface area contributed by atoms with Crippen molar-refractivity contribution in [1.82, 2.24) is 4.57 Å². The van der Waals surface area contributed by atoms with Crippen molar-refractivity contribution < 1.29 is 19.0 Å². The minimum Gasteiger partial charge on any atom is -0.497 e. The zero-order chi connectivity index (χ0) is 24.4. The number of aromatic nitrogens is 1. The van der Waals surface area contributed by atoms with Gasteiger partial charge in [-0.25, -0.2) is 9.79 Å². The van der Waals surface area contributed by atoms with Crippen molar-refractivity contribution in [1.29, 1.82) is 0 Å². The molecule has 1 aliphatic rings. The molecule has 7 nitrogen and oxygen atoms in total. The van der Waals surface area contributed by atoms with Crippen LogP contribution in [-0.4, -0.2) is 30.9 Å². The molecule has 0 saturated heterocycles. The first-order valence-corrected chi connectivity index (χ1v) is 11.7. The molecular weight excluding hydrogens is 452 g/mol. The van der Waals surface area contributed by atoms with E-state index in [0.717, 1.165) is 16.9 Å². The smallest absolute Gasteiger partial charge is 0.338 e. The highest BCUT2D eigenvalue weighted by molar-refractivity contribution is 7.07. The summed E-state index contributed by atoms with van der Waals surface area (Å²) in [6.45, 7) is 5.36. The summed E-state index contributed by atoms with van der Waals surface area (Å²) >= 11 is 1.29. The van der Waals surface area contributed by atoms with Gasteiger partial charge < -0.3 is 14.2 Å². The predicted octanol–water partition coefficient (Wildman–Crippen LogP) is 3.20. The van der Waals surface area contributed by atoms with Crippen LogP contribution >= 0.6 is 11.3 Å². The number of fused-ring (bicyclic) bond motifs is 1. The molecule has 0 saturated carbocycles. The van der Waals surface area contributed by atoms with Gasteiger partial charge in [0, 0.05) is 0 Å². The van der Waals surface area contributed by atoms with Gasteiger partial charge in [0.1, 0.15) is 11.5 Å². The number of methoxy groups -OCH3 is 2. The lowest BCUT2D eigenvalue weighted by atomic mass is 9.96. The number of nitrogens with zero attached hydrogens (tertiary/aromatic N) is 2. The minimum absolute atomic E-state index is 0.220. The quantitative estimate of drug-likeness (QED) is 0.509. The van der Waals surface area contributed by atoms with Crippen LogP contribution in [0.2, 0.25) is 0 Å². The number of rotatable bonds is 6. The number of carbonyl (C=O) groups is 1. The Morgan fingerprint density at radius 3 is 2.18 bits per heavy atom. The molecule has 1 aliphatic heterocycles. The Balaban J connectivity index is 1.90.